The van der Waals surface area contributed by atoms with E-state index in [-0.39, 0.29) is 16.7 Å². The van der Waals surface area contributed by atoms with Crippen LogP contribution in [0.1, 0.15) is 23.2 Å². The Morgan fingerprint density at radius 1 is 1.30 bits per heavy atom. The number of hydrogen-bond acceptors (Lipinski definition) is 4. The summed E-state index contributed by atoms with van der Waals surface area (Å²) in [4.78, 5) is 14.2. The molecular weight excluding hydrogens is 316 g/mol. The van der Waals surface area contributed by atoms with E-state index in [1.807, 2.05) is 0 Å². The van der Waals surface area contributed by atoms with Gasteiger partial charge in [-0.3, -0.25) is 4.79 Å². The molecule has 2 aliphatic rings. The highest BCUT2D eigenvalue weighted by atomic mass is 32.2. The molecule has 3 rings (SSSR count). The molecule has 0 saturated carbocycles. The molecule has 6 nitrogen and oxygen atoms in total. The highest BCUT2D eigenvalue weighted by molar-refractivity contribution is 7.89. The summed E-state index contributed by atoms with van der Waals surface area (Å²) in [6, 6.07) is 6.38. The second-order valence-electron chi connectivity index (χ2n) is 6.15. The van der Waals surface area contributed by atoms with E-state index < -0.39 is 10.0 Å². The van der Waals surface area contributed by atoms with Crippen LogP contribution in [0.2, 0.25) is 0 Å². The number of sulfonamides is 1. The summed E-state index contributed by atoms with van der Waals surface area (Å²) in [5, 5.41) is 0. The number of benzene rings is 1. The van der Waals surface area contributed by atoms with Crippen molar-refractivity contribution in [2.45, 2.75) is 17.7 Å². The Kier molecular flexibility index (Phi) is 4.70. The number of nitrogens with zero attached hydrogens (tertiary/aromatic N) is 2. The van der Waals surface area contributed by atoms with Crippen LogP contribution in [0.3, 0.4) is 0 Å². The maximum Gasteiger partial charge on any atom is 0.253 e. The van der Waals surface area contributed by atoms with E-state index >= 15 is 0 Å². The number of carbonyl (C=O) groups is 1. The first kappa shape index (κ1) is 16.4. The Bertz CT molecular complexity index is 685. The Hall–Kier alpha value is -1.44. The summed E-state index contributed by atoms with van der Waals surface area (Å²) in [6.45, 7) is 3.04. The molecule has 0 bridgehead atoms. The number of methoxy groups -OCH3 is 1. The fourth-order valence-corrected chi connectivity index (χ4v) is 4.61. The summed E-state index contributed by atoms with van der Waals surface area (Å²) in [5.74, 6) is 0.146. The van der Waals surface area contributed by atoms with E-state index in [0.29, 0.717) is 25.3 Å². The average Bonchev–Trinajstić information content (AvgIpc) is 2.95. The van der Waals surface area contributed by atoms with Crippen molar-refractivity contribution in [2.75, 3.05) is 39.9 Å². The topological polar surface area (TPSA) is 66.9 Å². The summed E-state index contributed by atoms with van der Waals surface area (Å²) < 4.78 is 32.2. The maximum absolute atomic E-state index is 12.8. The van der Waals surface area contributed by atoms with Crippen LogP contribution in [0, 0.1) is 5.92 Å². The predicted octanol–water partition coefficient (Wildman–Crippen LogP) is 1.19. The third-order valence-corrected chi connectivity index (χ3v) is 6.37. The van der Waals surface area contributed by atoms with E-state index in [1.54, 1.807) is 30.2 Å². The van der Waals surface area contributed by atoms with Crippen molar-refractivity contribution in [1.82, 2.24) is 9.21 Å². The second kappa shape index (κ2) is 6.59. The quantitative estimate of drug-likeness (QED) is 0.809. The van der Waals surface area contributed by atoms with Crippen molar-refractivity contribution < 1.29 is 17.9 Å². The molecule has 0 aromatic heterocycles. The van der Waals surface area contributed by atoms with Gasteiger partial charge in [0, 0.05) is 38.9 Å². The molecule has 1 aromatic rings. The molecule has 2 aliphatic heterocycles. The van der Waals surface area contributed by atoms with Crippen molar-refractivity contribution in [1.29, 1.82) is 0 Å². The summed E-state index contributed by atoms with van der Waals surface area (Å²) in [5.41, 5.74) is 0.443. The zero-order chi connectivity index (χ0) is 16.4. The molecule has 0 N–H and O–H groups in total. The summed E-state index contributed by atoms with van der Waals surface area (Å²) in [7, 11) is -1.93. The van der Waals surface area contributed by atoms with Crippen LogP contribution in [-0.2, 0) is 14.8 Å². The van der Waals surface area contributed by atoms with Crippen LogP contribution in [0.4, 0.5) is 0 Å². The van der Waals surface area contributed by atoms with Crippen LogP contribution in [0.5, 0.6) is 0 Å². The standard InChI is InChI=1S/C16H22N2O4S/c1-22-12-13-6-9-18(11-13)23(20,21)15-5-2-4-14(10-15)16(19)17-7-3-8-17/h2,4-5,10,13H,3,6-9,11-12H2,1H3/t13-/m0/s1. The molecule has 23 heavy (non-hydrogen) atoms. The Morgan fingerprint density at radius 3 is 2.74 bits per heavy atom. The second-order valence-corrected chi connectivity index (χ2v) is 8.08. The van der Waals surface area contributed by atoms with Gasteiger partial charge in [-0.15, -0.1) is 0 Å². The van der Waals surface area contributed by atoms with Crippen molar-refractivity contribution in [3.05, 3.63) is 29.8 Å². The normalized spacial score (nSPS) is 22.1. The smallest absolute Gasteiger partial charge is 0.253 e. The average molecular weight is 338 g/mol. The third-order valence-electron chi connectivity index (χ3n) is 4.51. The van der Waals surface area contributed by atoms with Gasteiger partial charge >= 0.3 is 0 Å². The summed E-state index contributed by atoms with van der Waals surface area (Å²) >= 11 is 0. The number of likely N-dealkylation sites (tertiary alicyclic amines) is 1. The van der Waals surface area contributed by atoms with Gasteiger partial charge in [0.15, 0.2) is 0 Å². The molecule has 0 spiro atoms. The number of carbonyl (C=O) groups excluding carboxylic acids is 1. The van der Waals surface area contributed by atoms with Crippen molar-refractivity contribution in [3.8, 4) is 0 Å². The molecule has 2 fully saturated rings. The SMILES string of the molecule is COC[C@H]1CCN(S(=O)(=O)c2cccc(C(=O)N3CCC3)c2)C1. The monoisotopic (exact) mass is 338 g/mol. The lowest BCUT2D eigenvalue weighted by Gasteiger charge is -2.31. The Balaban J connectivity index is 1.79. The van der Waals surface area contributed by atoms with Gasteiger partial charge in [0.2, 0.25) is 10.0 Å². The minimum absolute atomic E-state index is 0.0908. The first-order chi connectivity index (χ1) is 11.0. The molecular formula is C16H22N2O4S. The molecule has 2 saturated heterocycles. The molecule has 2 heterocycles. The Morgan fingerprint density at radius 2 is 2.09 bits per heavy atom. The van der Waals surface area contributed by atoms with Gasteiger partial charge in [-0.05, 0) is 37.0 Å². The zero-order valence-corrected chi connectivity index (χ0v) is 14.1. The number of rotatable bonds is 5. The molecule has 0 radical (unpaired) electrons. The molecule has 7 heteroatoms. The minimum atomic E-state index is -3.55. The zero-order valence-electron chi connectivity index (χ0n) is 13.3. The van der Waals surface area contributed by atoms with E-state index in [9.17, 15) is 13.2 Å². The van der Waals surface area contributed by atoms with E-state index in [2.05, 4.69) is 0 Å². The third kappa shape index (κ3) is 3.27. The number of ether oxygens (including phenoxy) is 1. The lowest BCUT2D eigenvalue weighted by Crippen LogP contribution is -2.42. The predicted molar refractivity (Wildman–Crippen MR) is 85.7 cm³/mol. The molecule has 1 atom stereocenters. The van der Waals surface area contributed by atoms with Gasteiger partial charge in [0.05, 0.1) is 11.5 Å². The molecule has 126 valence electrons. The van der Waals surface area contributed by atoms with E-state index in [1.165, 1.54) is 10.4 Å². The highest BCUT2D eigenvalue weighted by Gasteiger charge is 2.33. The number of hydrogen-bond donors (Lipinski definition) is 0. The fraction of sp³-hybridized carbons (Fsp3) is 0.562. The molecule has 1 aromatic carbocycles. The lowest BCUT2D eigenvalue weighted by molar-refractivity contribution is 0.0651. The van der Waals surface area contributed by atoms with Crippen molar-refractivity contribution in [3.63, 3.8) is 0 Å². The van der Waals surface area contributed by atoms with Crippen molar-refractivity contribution >= 4 is 15.9 Å². The van der Waals surface area contributed by atoms with Crippen LogP contribution >= 0.6 is 0 Å². The van der Waals surface area contributed by atoms with E-state index in [0.717, 1.165) is 25.9 Å². The van der Waals surface area contributed by atoms with Crippen LogP contribution in [0.25, 0.3) is 0 Å². The van der Waals surface area contributed by atoms with Gasteiger partial charge in [0.1, 0.15) is 0 Å². The lowest BCUT2D eigenvalue weighted by atomic mass is 10.1. The molecule has 0 unspecified atom stereocenters. The van der Waals surface area contributed by atoms with Gasteiger partial charge in [-0.1, -0.05) is 6.07 Å². The fourth-order valence-electron chi connectivity index (χ4n) is 3.03. The summed E-state index contributed by atoms with van der Waals surface area (Å²) in [6.07, 6.45) is 1.82. The van der Waals surface area contributed by atoms with Gasteiger partial charge in [0.25, 0.3) is 5.91 Å². The van der Waals surface area contributed by atoms with Crippen molar-refractivity contribution in [2.24, 2.45) is 5.92 Å². The van der Waals surface area contributed by atoms with Gasteiger partial charge in [-0.2, -0.15) is 4.31 Å². The van der Waals surface area contributed by atoms with E-state index in [4.69, 9.17) is 4.74 Å². The largest absolute Gasteiger partial charge is 0.384 e. The maximum atomic E-state index is 12.8. The number of amides is 1. The molecule has 0 aliphatic carbocycles. The van der Waals surface area contributed by atoms with Gasteiger partial charge in [-0.25, -0.2) is 8.42 Å². The van der Waals surface area contributed by atoms with Crippen LogP contribution in [-0.4, -0.2) is 63.4 Å². The van der Waals surface area contributed by atoms with Crippen LogP contribution in [0.15, 0.2) is 29.2 Å². The Labute approximate surface area is 137 Å². The molecule has 1 amide bonds. The van der Waals surface area contributed by atoms with Gasteiger partial charge < -0.3 is 9.64 Å². The van der Waals surface area contributed by atoms with Crippen LogP contribution < -0.4 is 0 Å². The highest BCUT2D eigenvalue weighted by Crippen LogP contribution is 2.25. The first-order valence-corrected chi connectivity index (χ1v) is 9.35. The minimum Gasteiger partial charge on any atom is -0.384 e. The first-order valence-electron chi connectivity index (χ1n) is 7.91.